The third-order valence-corrected chi connectivity index (χ3v) is 1.10. The number of aliphatic hydroxyl groups excluding tert-OH is 1. The lowest BCUT2D eigenvalue weighted by Gasteiger charge is -2.04. The summed E-state index contributed by atoms with van der Waals surface area (Å²) in [5, 5.41) is 8.30. The maximum Gasteiger partial charge on any atom is 0.131 e. The van der Waals surface area contributed by atoms with Gasteiger partial charge in [0.2, 0.25) is 0 Å². The quantitative estimate of drug-likeness (QED) is 0.491. The van der Waals surface area contributed by atoms with Crippen molar-refractivity contribution in [1.29, 1.82) is 0 Å². The van der Waals surface area contributed by atoms with Gasteiger partial charge in [0, 0.05) is 0 Å². The number of rotatable bonds is 7. The third kappa shape index (κ3) is 10.5. The summed E-state index contributed by atoms with van der Waals surface area (Å²) in [6, 6.07) is 0. The van der Waals surface area contributed by atoms with Gasteiger partial charge in [0.25, 0.3) is 0 Å². The molecule has 0 rings (SSSR count). The first-order chi connectivity index (χ1) is 5.27. The third-order valence-electron chi connectivity index (χ3n) is 0.851. The van der Waals surface area contributed by atoms with Crippen LogP contribution in [0, 0.1) is 0 Å². The maximum atomic E-state index is 8.30. The molecule has 0 radical (unpaired) electrons. The molecule has 0 bridgehead atoms. The van der Waals surface area contributed by atoms with E-state index < -0.39 is 4.84 Å². The van der Waals surface area contributed by atoms with Crippen LogP contribution in [0.1, 0.15) is 0 Å². The first-order valence-electron chi connectivity index (χ1n) is 3.32. The van der Waals surface area contributed by atoms with Gasteiger partial charge in [-0.25, -0.2) is 0 Å². The van der Waals surface area contributed by atoms with Gasteiger partial charge in [-0.15, -0.1) is 23.2 Å². The number of alkyl halides is 2. The molecule has 0 aliphatic rings. The minimum absolute atomic E-state index is 0.0354. The summed E-state index contributed by atoms with van der Waals surface area (Å²) >= 11 is 10.8. The minimum atomic E-state index is -0.479. The summed E-state index contributed by atoms with van der Waals surface area (Å²) in [4.78, 5) is -0.479. The van der Waals surface area contributed by atoms with Gasteiger partial charge in [-0.05, 0) is 0 Å². The Balaban J connectivity index is 2.80. The molecule has 0 aliphatic heterocycles. The van der Waals surface area contributed by atoms with E-state index in [4.69, 9.17) is 37.8 Å². The van der Waals surface area contributed by atoms with Crippen LogP contribution in [-0.2, 0) is 9.47 Å². The Labute approximate surface area is 76.2 Å². The van der Waals surface area contributed by atoms with E-state index in [1.54, 1.807) is 0 Å². The monoisotopic (exact) mass is 202 g/mol. The molecule has 11 heavy (non-hydrogen) atoms. The van der Waals surface area contributed by atoms with Crippen molar-refractivity contribution >= 4 is 23.2 Å². The first-order valence-corrected chi connectivity index (χ1v) is 4.19. The summed E-state index contributed by atoms with van der Waals surface area (Å²) in [6.07, 6.45) is 0. The molecule has 0 aromatic carbocycles. The smallest absolute Gasteiger partial charge is 0.131 e. The zero-order valence-electron chi connectivity index (χ0n) is 6.13. The predicted molar refractivity (Wildman–Crippen MR) is 44.2 cm³/mol. The molecule has 0 aromatic rings. The van der Waals surface area contributed by atoms with Gasteiger partial charge in [-0.2, -0.15) is 0 Å². The maximum absolute atomic E-state index is 8.30. The molecule has 0 heterocycles. The van der Waals surface area contributed by atoms with Crippen LogP contribution in [0.25, 0.3) is 0 Å². The molecule has 68 valence electrons. The van der Waals surface area contributed by atoms with Crippen molar-refractivity contribution in [3.63, 3.8) is 0 Å². The number of ether oxygens (including phenoxy) is 2. The molecule has 0 unspecified atom stereocenters. The van der Waals surface area contributed by atoms with Crippen molar-refractivity contribution in [2.75, 3.05) is 33.0 Å². The summed E-state index contributed by atoms with van der Waals surface area (Å²) in [5.74, 6) is 0. The van der Waals surface area contributed by atoms with Crippen LogP contribution in [-0.4, -0.2) is 43.0 Å². The van der Waals surface area contributed by atoms with Crippen molar-refractivity contribution in [1.82, 2.24) is 0 Å². The lowest BCUT2D eigenvalue weighted by molar-refractivity contribution is 0.0361. The van der Waals surface area contributed by atoms with Gasteiger partial charge in [0.1, 0.15) is 4.84 Å². The van der Waals surface area contributed by atoms with E-state index >= 15 is 0 Å². The number of aliphatic hydroxyl groups is 1. The van der Waals surface area contributed by atoms with Crippen molar-refractivity contribution in [3.8, 4) is 0 Å². The van der Waals surface area contributed by atoms with Crippen molar-refractivity contribution in [2.24, 2.45) is 0 Å². The second-order valence-corrected chi connectivity index (χ2v) is 3.08. The van der Waals surface area contributed by atoms with Gasteiger partial charge >= 0.3 is 0 Å². The van der Waals surface area contributed by atoms with E-state index in [0.717, 1.165) is 0 Å². The highest BCUT2D eigenvalue weighted by molar-refractivity contribution is 6.44. The summed E-state index contributed by atoms with van der Waals surface area (Å²) < 4.78 is 9.87. The Bertz CT molecular complexity index is 80.2. The van der Waals surface area contributed by atoms with Gasteiger partial charge in [0.15, 0.2) is 0 Å². The zero-order valence-corrected chi connectivity index (χ0v) is 7.64. The highest BCUT2D eigenvalue weighted by Gasteiger charge is 1.96. The van der Waals surface area contributed by atoms with Crippen molar-refractivity contribution < 1.29 is 14.6 Å². The molecule has 0 aliphatic carbocycles. The van der Waals surface area contributed by atoms with E-state index in [1.165, 1.54) is 0 Å². The molecular formula is C6H12Cl2O3. The van der Waals surface area contributed by atoms with Crippen LogP contribution in [0.15, 0.2) is 0 Å². The lowest BCUT2D eigenvalue weighted by Crippen LogP contribution is -2.10. The predicted octanol–water partition coefficient (Wildman–Crippen LogP) is 0.816. The Morgan fingerprint density at radius 3 is 2.27 bits per heavy atom. The molecule has 0 saturated carbocycles. The number of hydrogen-bond donors (Lipinski definition) is 1. The first kappa shape index (κ1) is 11.5. The van der Waals surface area contributed by atoms with Gasteiger partial charge in [-0.3, -0.25) is 0 Å². The molecular weight excluding hydrogens is 191 g/mol. The normalized spacial score (nSPS) is 10.9. The topological polar surface area (TPSA) is 38.7 Å². The van der Waals surface area contributed by atoms with Crippen molar-refractivity contribution in [2.45, 2.75) is 4.84 Å². The highest BCUT2D eigenvalue weighted by Crippen LogP contribution is 2.00. The van der Waals surface area contributed by atoms with E-state index in [9.17, 15) is 0 Å². The van der Waals surface area contributed by atoms with Crippen LogP contribution in [0.4, 0.5) is 0 Å². The standard InChI is InChI=1S/C6H12Cl2O3/c7-6(8)5-11-4-3-10-2-1-9/h6,9H,1-5H2. The average molecular weight is 203 g/mol. The van der Waals surface area contributed by atoms with Gasteiger partial charge < -0.3 is 14.6 Å². The van der Waals surface area contributed by atoms with Crippen LogP contribution >= 0.6 is 23.2 Å². The Hall–Kier alpha value is 0.460. The SMILES string of the molecule is OCCOCCOCC(Cl)Cl. The fourth-order valence-electron chi connectivity index (χ4n) is 0.457. The Morgan fingerprint density at radius 1 is 1.09 bits per heavy atom. The molecule has 0 spiro atoms. The lowest BCUT2D eigenvalue weighted by atomic mass is 10.7. The second kappa shape index (κ2) is 8.56. The van der Waals surface area contributed by atoms with E-state index in [2.05, 4.69) is 0 Å². The molecule has 5 heteroatoms. The highest BCUT2D eigenvalue weighted by atomic mass is 35.5. The van der Waals surface area contributed by atoms with Gasteiger partial charge in [0.05, 0.1) is 33.0 Å². The Morgan fingerprint density at radius 2 is 1.73 bits per heavy atom. The molecule has 0 aromatic heterocycles. The largest absolute Gasteiger partial charge is 0.394 e. The van der Waals surface area contributed by atoms with Crippen LogP contribution in [0.5, 0.6) is 0 Å². The summed E-state index contributed by atoms with van der Waals surface area (Å²) in [7, 11) is 0. The van der Waals surface area contributed by atoms with Gasteiger partial charge in [-0.1, -0.05) is 0 Å². The fourth-order valence-corrected chi connectivity index (χ4v) is 0.635. The fraction of sp³-hybridized carbons (Fsp3) is 1.00. The van der Waals surface area contributed by atoms with E-state index in [1.807, 2.05) is 0 Å². The summed E-state index contributed by atoms with van der Waals surface area (Å²) in [5.41, 5.74) is 0. The number of hydrogen-bond acceptors (Lipinski definition) is 3. The molecule has 0 fully saturated rings. The minimum Gasteiger partial charge on any atom is -0.394 e. The van der Waals surface area contributed by atoms with Crippen LogP contribution < -0.4 is 0 Å². The second-order valence-electron chi connectivity index (χ2n) is 1.80. The Kier molecular flexibility index (Phi) is 8.91. The molecule has 0 atom stereocenters. The molecule has 0 saturated heterocycles. The number of halogens is 2. The van der Waals surface area contributed by atoms with E-state index in [-0.39, 0.29) is 6.61 Å². The van der Waals surface area contributed by atoms with Crippen LogP contribution in [0.3, 0.4) is 0 Å². The van der Waals surface area contributed by atoms with Crippen LogP contribution in [0.2, 0.25) is 0 Å². The average Bonchev–Trinajstić information content (AvgIpc) is 1.96. The molecule has 0 amide bonds. The van der Waals surface area contributed by atoms with Crippen molar-refractivity contribution in [3.05, 3.63) is 0 Å². The molecule has 3 nitrogen and oxygen atoms in total. The zero-order chi connectivity index (χ0) is 8.53. The summed E-state index contributed by atoms with van der Waals surface area (Å²) in [6.45, 7) is 1.60. The van der Waals surface area contributed by atoms with E-state index in [0.29, 0.717) is 26.4 Å². The molecule has 1 N–H and O–H groups in total.